The molecule has 2 nitrogen and oxygen atoms in total. The van der Waals surface area contributed by atoms with Gasteiger partial charge >= 0.3 is 0 Å². The molecule has 0 aliphatic heterocycles. The molecule has 1 aliphatic carbocycles. The molecule has 0 saturated heterocycles. The third-order valence-corrected chi connectivity index (χ3v) is 4.08. The molecule has 19 heavy (non-hydrogen) atoms. The Bertz CT molecular complexity index is 425. The molecule has 1 aliphatic rings. The largest absolute Gasteiger partial charge is 0.328 e. The maximum atomic E-state index is 12.1. The van der Waals surface area contributed by atoms with E-state index in [4.69, 9.17) is 5.73 Å². The van der Waals surface area contributed by atoms with Crippen molar-refractivity contribution in [2.45, 2.75) is 63.8 Å². The van der Waals surface area contributed by atoms with Crippen LogP contribution in [0.15, 0.2) is 24.3 Å². The van der Waals surface area contributed by atoms with Gasteiger partial charge in [-0.3, -0.25) is 4.79 Å². The van der Waals surface area contributed by atoms with Crippen molar-refractivity contribution >= 4 is 5.78 Å². The summed E-state index contributed by atoms with van der Waals surface area (Å²) in [5.74, 6) is 0.857. The van der Waals surface area contributed by atoms with Gasteiger partial charge in [-0.25, -0.2) is 0 Å². The fourth-order valence-electron chi connectivity index (χ4n) is 3.06. The van der Waals surface area contributed by atoms with E-state index in [0.29, 0.717) is 18.1 Å². The van der Waals surface area contributed by atoms with Crippen molar-refractivity contribution in [3.8, 4) is 0 Å². The molecule has 2 atom stereocenters. The van der Waals surface area contributed by atoms with E-state index in [0.717, 1.165) is 25.7 Å². The number of hydrogen-bond acceptors (Lipinski definition) is 2. The Morgan fingerprint density at radius 3 is 3.00 bits per heavy atom. The summed E-state index contributed by atoms with van der Waals surface area (Å²) >= 11 is 0. The Kier molecular flexibility index (Phi) is 5.15. The minimum Gasteiger partial charge on any atom is -0.328 e. The van der Waals surface area contributed by atoms with Crippen LogP contribution in [0.5, 0.6) is 0 Å². The lowest BCUT2D eigenvalue weighted by Crippen LogP contribution is -2.16. The lowest BCUT2D eigenvalue weighted by atomic mass is 9.80. The second-order valence-electron chi connectivity index (χ2n) is 5.90. The van der Waals surface area contributed by atoms with Crippen molar-refractivity contribution in [3.05, 3.63) is 35.4 Å². The molecular weight excluding hydrogens is 234 g/mol. The molecule has 2 rings (SSSR count). The smallest absolute Gasteiger partial charge is 0.133 e. The molecule has 1 aromatic rings. The highest BCUT2D eigenvalue weighted by Gasteiger charge is 2.21. The van der Waals surface area contributed by atoms with Gasteiger partial charge in [0.25, 0.3) is 0 Å². The molecule has 2 unspecified atom stereocenters. The molecular formula is C17H25NO. The molecule has 1 aromatic carbocycles. The van der Waals surface area contributed by atoms with Crippen LogP contribution in [0.3, 0.4) is 0 Å². The molecule has 0 heterocycles. The van der Waals surface area contributed by atoms with E-state index >= 15 is 0 Å². The zero-order valence-electron chi connectivity index (χ0n) is 11.9. The average Bonchev–Trinajstić information content (AvgIpc) is 2.39. The zero-order valence-corrected chi connectivity index (χ0v) is 11.9. The van der Waals surface area contributed by atoms with E-state index in [1.165, 1.54) is 24.0 Å². The molecule has 0 fully saturated rings. The van der Waals surface area contributed by atoms with Crippen LogP contribution in [0.1, 0.15) is 62.5 Å². The molecule has 0 amide bonds. The highest BCUT2D eigenvalue weighted by Crippen LogP contribution is 2.34. The van der Waals surface area contributed by atoms with Crippen LogP contribution < -0.4 is 5.73 Å². The fraction of sp³-hybridized carbons (Fsp3) is 0.588. The molecule has 2 N–H and O–H groups in total. The highest BCUT2D eigenvalue weighted by molar-refractivity contribution is 5.79. The van der Waals surface area contributed by atoms with Crippen LogP contribution in [-0.2, 0) is 11.2 Å². The number of Topliss-reactive ketones (excluding diaryl/α,β-unsaturated/α-hetero) is 1. The lowest BCUT2D eigenvalue weighted by Gasteiger charge is -2.25. The lowest BCUT2D eigenvalue weighted by molar-refractivity contribution is -0.119. The average molecular weight is 259 g/mol. The van der Waals surface area contributed by atoms with Crippen molar-refractivity contribution in [1.29, 1.82) is 0 Å². The Morgan fingerprint density at radius 2 is 2.21 bits per heavy atom. The predicted octanol–water partition coefficient (Wildman–Crippen LogP) is 3.58. The van der Waals surface area contributed by atoms with Crippen LogP contribution >= 0.6 is 0 Å². The standard InChI is InChI=1S/C17H25NO/c1-13(18)6-4-10-16(19)12-15-9-5-8-14-7-2-3-11-17(14)15/h2-3,7,11,13,15H,4-6,8-10,12,18H2,1H3. The second kappa shape index (κ2) is 6.85. The number of benzene rings is 1. The number of rotatable bonds is 6. The monoisotopic (exact) mass is 259 g/mol. The Labute approximate surface area is 116 Å². The van der Waals surface area contributed by atoms with Gasteiger partial charge < -0.3 is 5.73 Å². The summed E-state index contributed by atoms with van der Waals surface area (Å²) in [5.41, 5.74) is 8.57. The van der Waals surface area contributed by atoms with E-state index in [2.05, 4.69) is 24.3 Å². The normalized spacial score (nSPS) is 19.8. The van der Waals surface area contributed by atoms with Crippen molar-refractivity contribution in [3.63, 3.8) is 0 Å². The number of carbonyl (C=O) groups excluding carboxylic acids is 1. The number of fused-ring (bicyclic) bond motifs is 1. The first-order valence-electron chi connectivity index (χ1n) is 7.52. The van der Waals surface area contributed by atoms with Gasteiger partial charge in [-0.2, -0.15) is 0 Å². The Morgan fingerprint density at radius 1 is 1.42 bits per heavy atom. The summed E-state index contributed by atoms with van der Waals surface area (Å²) in [5, 5.41) is 0. The molecule has 0 saturated carbocycles. The second-order valence-corrected chi connectivity index (χ2v) is 5.90. The van der Waals surface area contributed by atoms with E-state index in [-0.39, 0.29) is 6.04 Å². The van der Waals surface area contributed by atoms with Crippen molar-refractivity contribution < 1.29 is 4.79 Å². The van der Waals surface area contributed by atoms with Crippen LogP contribution in [0.25, 0.3) is 0 Å². The number of nitrogens with two attached hydrogens (primary N) is 1. The van der Waals surface area contributed by atoms with Crippen LogP contribution in [0.2, 0.25) is 0 Å². The van der Waals surface area contributed by atoms with E-state index in [1.807, 2.05) is 6.92 Å². The summed E-state index contributed by atoms with van der Waals surface area (Å²) in [4.78, 5) is 12.1. The van der Waals surface area contributed by atoms with Crippen LogP contribution in [-0.4, -0.2) is 11.8 Å². The number of carbonyl (C=O) groups is 1. The Hall–Kier alpha value is -1.15. The van der Waals surface area contributed by atoms with E-state index in [9.17, 15) is 4.79 Å². The molecule has 104 valence electrons. The zero-order chi connectivity index (χ0) is 13.7. The first-order chi connectivity index (χ1) is 9.16. The molecule has 0 radical (unpaired) electrons. The van der Waals surface area contributed by atoms with Crippen LogP contribution in [0, 0.1) is 0 Å². The van der Waals surface area contributed by atoms with Gasteiger partial charge in [-0.15, -0.1) is 0 Å². The number of aryl methyl sites for hydroxylation is 1. The summed E-state index contributed by atoms with van der Waals surface area (Å²) < 4.78 is 0. The molecule has 2 heteroatoms. The topological polar surface area (TPSA) is 43.1 Å². The van der Waals surface area contributed by atoms with Gasteiger partial charge in [0.15, 0.2) is 0 Å². The summed E-state index contributed by atoms with van der Waals surface area (Å²) in [7, 11) is 0. The number of ketones is 1. The first kappa shape index (κ1) is 14.3. The summed E-state index contributed by atoms with van der Waals surface area (Å²) in [6.45, 7) is 2.00. The SMILES string of the molecule is CC(N)CCCC(=O)CC1CCCc2ccccc21. The number of hydrogen-bond donors (Lipinski definition) is 1. The third-order valence-electron chi connectivity index (χ3n) is 4.08. The Balaban J connectivity index is 1.88. The quantitative estimate of drug-likeness (QED) is 0.848. The maximum Gasteiger partial charge on any atom is 0.133 e. The maximum absolute atomic E-state index is 12.1. The summed E-state index contributed by atoms with van der Waals surface area (Å²) in [6.07, 6.45) is 6.85. The predicted molar refractivity (Wildman–Crippen MR) is 79.2 cm³/mol. The van der Waals surface area contributed by atoms with Crippen molar-refractivity contribution in [2.75, 3.05) is 0 Å². The minimum atomic E-state index is 0.211. The van der Waals surface area contributed by atoms with E-state index < -0.39 is 0 Å². The third kappa shape index (κ3) is 4.17. The van der Waals surface area contributed by atoms with Crippen LogP contribution in [0.4, 0.5) is 0 Å². The van der Waals surface area contributed by atoms with E-state index in [1.54, 1.807) is 0 Å². The fourth-order valence-corrected chi connectivity index (χ4v) is 3.06. The first-order valence-corrected chi connectivity index (χ1v) is 7.52. The van der Waals surface area contributed by atoms with Gasteiger partial charge in [0.1, 0.15) is 5.78 Å². The van der Waals surface area contributed by atoms with Gasteiger partial charge in [0.05, 0.1) is 0 Å². The van der Waals surface area contributed by atoms with Gasteiger partial charge in [0.2, 0.25) is 0 Å². The molecule has 0 bridgehead atoms. The van der Waals surface area contributed by atoms with Crippen molar-refractivity contribution in [1.82, 2.24) is 0 Å². The highest BCUT2D eigenvalue weighted by atomic mass is 16.1. The molecule has 0 spiro atoms. The minimum absolute atomic E-state index is 0.211. The van der Waals surface area contributed by atoms with Gasteiger partial charge in [-0.1, -0.05) is 24.3 Å². The van der Waals surface area contributed by atoms with Gasteiger partial charge in [-0.05, 0) is 56.1 Å². The molecule has 0 aromatic heterocycles. The summed E-state index contributed by atoms with van der Waals surface area (Å²) in [6, 6.07) is 8.82. The van der Waals surface area contributed by atoms with Gasteiger partial charge in [0, 0.05) is 18.9 Å². The van der Waals surface area contributed by atoms with Crippen molar-refractivity contribution in [2.24, 2.45) is 5.73 Å².